The third kappa shape index (κ3) is 7.34. The van der Waals surface area contributed by atoms with Gasteiger partial charge in [-0.2, -0.15) is 4.98 Å². The molecule has 5 rings (SSSR count). The van der Waals surface area contributed by atoms with Crippen LogP contribution in [0.4, 0.5) is 11.8 Å². The van der Waals surface area contributed by atoms with Gasteiger partial charge in [0, 0.05) is 51.0 Å². The van der Waals surface area contributed by atoms with Crippen LogP contribution in [0.15, 0.2) is 42.6 Å². The topological polar surface area (TPSA) is 73.8 Å². The van der Waals surface area contributed by atoms with Crippen LogP contribution >= 0.6 is 0 Å². The predicted octanol–water partition coefficient (Wildman–Crippen LogP) is 4.19. The fourth-order valence-electron chi connectivity index (χ4n) is 5.93. The average Bonchev–Trinajstić information content (AvgIpc) is 3.36. The van der Waals surface area contributed by atoms with Gasteiger partial charge in [0.15, 0.2) is 6.61 Å². The Morgan fingerprint density at radius 3 is 2.54 bits per heavy atom. The molecule has 2 unspecified atom stereocenters. The van der Waals surface area contributed by atoms with E-state index in [9.17, 15) is 4.79 Å². The molecule has 37 heavy (non-hydrogen) atoms. The van der Waals surface area contributed by atoms with Crippen molar-refractivity contribution in [3.63, 3.8) is 0 Å². The molecule has 3 aliphatic heterocycles. The second-order valence-electron chi connectivity index (χ2n) is 10.7. The number of likely N-dealkylation sites (tertiary alicyclic amines) is 2. The van der Waals surface area contributed by atoms with Gasteiger partial charge in [0.1, 0.15) is 11.6 Å². The van der Waals surface area contributed by atoms with Crippen LogP contribution in [-0.2, 0) is 4.79 Å². The quantitative estimate of drug-likeness (QED) is 0.604. The first-order valence-electron chi connectivity index (χ1n) is 14.3. The fourth-order valence-corrected chi connectivity index (χ4v) is 5.93. The van der Waals surface area contributed by atoms with Gasteiger partial charge in [-0.3, -0.25) is 9.69 Å². The van der Waals surface area contributed by atoms with Crippen molar-refractivity contribution in [1.29, 1.82) is 0 Å². The number of hydrogen-bond donors (Lipinski definition) is 1. The van der Waals surface area contributed by atoms with Gasteiger partial charge in [0.2, 0.25) is 5.95 Å². The molecule has 3 fully saturated rings. The summed E-state index contributed by atoms with van der Waals surface area (Å²) in [6, 6.07) is 12.3. The van der Waals surface area contributed by atoms with E-state index < -0.39 is 0 Å². The summed E-state index contributed by atoms with van der Waals surface area (Å²) in [5.74, 6) is 2.61. The number of amides is 1. The van der Waals surface area contributed by atoms with Crippen molar-refractivity contribution >= 4 is 17.7 Å². The molecule has 0 radical (unpaired) electrons. The molecule has 1 aromatic heterocycles. The molecule has 3 aliphatic rings. The van der Waals surface area contributed by atoms with Gasteiger partial charge in [-0.25, -0.2) is 4.98 Å². The lowest BCUT2D eigenvalue weighted by Crippen LogP contribution is -2.52. The van der Waals surface area contributed by atoms with E-state index in [0.717, 1.165) is 76.0 Å². The zero-order chi connectivity index (χ0) is 25.3. The third-order valence-corrected chi connectivity index (χ3v) is 7.98. The molecule has 2 aromatic rings. The van der Waals surface area contributed by atoms with Gasteiger partial charge in [-0.05, 0) is 63.3 Å². The Morgan fingerprint density at radius 2 is 1.70 bits per heavy atom. The Kier molecular flexibility index (Phi) is 9.11. The van der Waals surface area contributed by atoms with E-state index in [2.05, 4.69) is 20.1 Å². The zero-order valence-corrected chi connectivity index (χ0v) is 22.1. The highest BCUT2D eigenvalue weighted by Gasteiger charge is 2.30. The fraction of sp³-hybridized carbons (Fsp3) is 0.621. The Hall–Kier alpha value is -2.87. The zero-order valence-electron chi connectivity index (χ0n) is 22.1. The molecule has 3 saturated heterocycles. The Morgan fingerprint density at radius 1 is 0.892 bits per heavy atom. The van der Waals surface area contributed by atoms with Crippen LogP contribution in [-0.4, -0.2) is 83.6 Å². The maximum atomic E-state index is 12.9. The summed E-state index contributed by atoms with van der Waals surface area (Å²) in [7, 11) is 0. The molecule has 8 nitrogen and oxygen atoms in total. The minimum atomic E-state index is 0.0803. The number of piperidine rings is 1. The lowest BCUT2D eigenvalue weighted by molar-refractivity contribution is -0.135. The second kappa shape index (κ2) is 13.1. The van der Waals surface area contributed by atoms with Crippen LogP contribution in [0.5, 0.6) is 5.75 Å². The molecule has 0 aliphatic carbocycles. The molecule has 1 amide bonds. The normalized spacial score (nSPS) is 23.7. The highest BCUT2D eigenvalue weighted by molar-refractivity contribution is 5.78. The lowest BCUT2D eigenvalue weighted by Gasteiger charge is -2.40. The first-order chi connectivity index (χ1) is 18.2. The van der Waals surface area contributed by atoms with Crippen molar-refractivity contribution in [1.82, 2.24) is 19.8 Å². The number of hydrogen-bond acceptors (Lipinski definition) is 7. The van der Waals surface area contributed by atoms with Crippen molar-refractivity contribution in [2.75, 3.05) is 56.1 Å². The number of para-hydroxylation sites is 1. The van der Waals surface area contributed by atoms with Crippen LogP contribution in [0.25, 0.3) is 0 Å². The molecule has 200 valence electrons. The van der Waals surface area contributed by atoms with E-state index in [1.165, 1.54) is 38.5 Å². The monoisotopic (exact) mass is 506 g/mol. The van der Waals surface area contributed by atoms with E-state index in [1.54, 1.807) is 0 Å². The maximum absolute atomic E-state index is 12.9. The van der Waals surface area contributed by atoms with Crippen molar-refractivity contribution in [2.24, 2.45) is 0 Å². The average molecular weight is 507 g/mol. The molecule has 1 aromatic carbocycles. The van der Waals surface area contributed by atoms with Gasteiger partial charge >= 0.3 is 0 Å². The van der Waals surface area contributed by atoms with E-state index in [4.69, 9.17) is 9.72 Å². The summed E-state index contributed by atoms with van der Waals surface area (Å²) in [6.45, 7) is 5.92. The summed E-state index contributed by atoms with van der Waals surface area (Å²) in [6.07, 6.45) is 12.7. The summed E-state index contributed by atoms with van der Waals surface area (Å²) in [4.78, 5) is 29.4. The molecule has 0 saturated carbocycles. The number of carbonyl (C=O) groups is 1. The number of rotatable bonds is 7. The van der Waals surface area contributed by atoms with E-state index in [1.807, 2.05) is 47.5 Å². The van der Waals surface area contributed by atoms with Crippen LogP contribution in [0.1, 0.15) is 57.8 Å². The van der Waals surface area contributed by atoms with Gasteiger partial charge in [0.05, 0.1) is 0 Å². The Labute approximate surface area is 221 Å². The molecule has 0 spiro atoms. The van der Waals surface area contributed by atoms with Crippen LogP contribution in [0.2, 0.25) is 0 Å². The van der Waals surface area contributed by atoms with Gasteiger partial charge in [-0.15, -0.1) is 0 Å². The molecule has 1 N–H and O–H groups in total. The highest BCUT2D eigenvalue weighted by atomic mass is 16.5. The largest absolute Gasteiger partial charge is 0.484 e. The number of ether oxygens (including phenoxy) is 1. The molecule has 8 heteroatoms. The summed E-state index contributed by atoms with van der Waals surface area (Å²) in [5.41, 5.74) is 0. The van der Waals surface area contributed by atoms with Crippen molar-refractivity contribution in [3.05, 3.63) is 42.6 Å². The van der Waals surface area contributed by atoms with E-state index in [-0.39, 0.29) is 12.5 Å². The van der Waals surface area contributed by atoms with E-state index >= 15 is 0 Å². The number of nitrogens with one attached hydrogen (secondary N) is 1. The third-order valence-electron chi connectivity index (χ3n) is 7.98. The van der Waals surface area contributed by atoms with Crippen LogP contribution in [0, 0.1) is 0 Å². The predicted molar refractivity (Wildman–Crippen MR) is 147 cm³/mol. The highest BCUT2D eigenvalue weighted by Crippen LogP contribution is 2.23. The number of anilines is 2. The lowest BCUT2D eigenvalue weighted by atomic mass is 10.0. The molecular formula is C29H42N6O2. The number of carbonyl (C=O) groups excluding carboxylic acids is 1. The van der Waals surface area contributed by atoms with Crippen LogP contribution < -0.4 is 15.0 Å². The number of aromatic nitrogens is 2. The maximum Gasteiger partial charge on any atom is 0.260 e. The smallest absolute Gasteiger partial charge is 0.260 e. The Bertz CT molecular complexity index is 981. The molecular weight excluding hydrogens is 464 g/mol. The molecule has 2 atom stereocenters. The van der Waals surface area contributed by atoms with Gasteiger partial charge < -0.3 is 19.9 Å². The summed E-state index contributed by atoms with van der Waals surface area (Å²) in [5, 5.41) is 3.67. The molecule has 4 heterocycles. The van der Waals surface area contributed by atoms with E-state index in [0.29, 0.717) is 12.1 Å². The minimum Gasteiger partial charge on any atom is -0.484 e. The van der Waals surface area contributed by atoms with Gasteiger partial charge in [-0.1, -0.05) is 37.5 Å². The number of nitrogens with zero attached hydrogens (tertiary/aromatic N) is 5. The first kappa shape index (κ1) is 25.8. The van der Waals surface area contributed by atoms with Gasteiger partial charge in [0.25, 0.3) is 5.91 Å². The van der Waals surface area contributed by atoms with Crippen molar-refractivity contribution in [2.45, 2.75) is 69.9 Å². The number of benzene rings is 1. The summed E-state index contributed by atoms with van der Waals surface area (Å²) < 4.78 is 5.73. The summed E-state index contributed by atoms with van der Waals surface area (Å²) >= 11 is 0. The van der Waals surface area contributed by atoms with Crippen LogP contribution in [0.3, 0.4) is 0 Å². The van der Waals surface area contributed by atoms with Crippen molar-refractivity contribution < 1.29 is 9.53 Å². The van der Waals surface area contributed by atoms with Crippen molar-refractivity contribution in [3.8, 4) is 5.75 Å². The standard InChI is InChI=1S/C29H42N6O2/c36-28(23-37-26-13-4-3-5-14-26)35-20-10-12-25(22-35)34-19-9-6-11-24(21-34)31-29-30-16-15-27(32-29)33-17-7-1-2-8-18-33/h3-5,13-16,24-25H,1-2,6-12,17-23H2,(H,30,31,32). The second-order valence-corrected chi connectivity index (χ2v) is 10.7. The first-order valence-corrected chi connectivity index (χ1v) is 14.3. The SMILES string of the molecule is O=C(COc1ccccc1)N1CCCC(N2CCCCC(Nc3nccc(N4CCCCCC4)n3)C2)C1. The minimum absolute atomic E-state index is 0.0803. The Balaban J connectivity index is 1.16. The molecule has 0 bridgehead atoms.